The van der Waals surface area contributed by atoms with Crippen molar-refractivity contribution in [1.82, 2.24) is 14.8 Å². The lowest BCUT2D eigenvalue weighted by molar-refractivity contribution is -0.935. The summed E-state index contributed by atoms with van der Waals surface area (Å²) in [5.41, 5.74) is 1.62. The molecule has 0 saturated carbocycles. The maximum Gasteiger partial charge on any atom is 0.234 e. The predicted molar refractivity (Wildman–Crippen MR) is 133 cm³/mol. The number of methoxy groups -OCH3 is 1. The van der Waals surface area contributed by atoms with E-state index < -0.39 is 0 Å². The monoisotopic (exact) mass is 496 g/mol. The van der Waals surface area contributed by atoms with E-state index in [0.717, 1.165) is 30.4 Å². The van der Waals surface area contributed by atoms with Gasteiger partial charge in [0.25, 0.3) is 0 Å². The third-order valence-electron chi connectivity index (χ3n) is 6.47. The number of hydrogen-bond acceptors (Lipinski definition) is 7. The third kappa shape index (κ3) is 5.23. The summed E-state index contributed by atoms with van der Waals surface area (Å²) in [6, 6.07) is 13.4. The van der Waals surface area contributed by atoms with Crippen LogP contribution in [0.15, 0.2) is 47.6 Å². The predicted octanol–water partition coefficient (Wildman–Crippen LogP) is 2.87. The van der Waals surface area contributed by atoms with Crippen LogP contribution < -0.4 is 24.4 Å². The lowest BCUT2D eigenvalue weighted by Gasteiger charge is -2.29. The van der Waals surface area contributed by atoms with Crippen LogP contribution >= 0.6 is 11.8 Å². The fourth-order valence-electron chi connectivity index (χ4n) is 4.55. The van der Waals surface area contributed by atoms with E-state index in [2.05, 4.69) is 27.0 Å². The molecule has 1 saturated heterocycles. The summed E-state index contributed by atoms with van der Waals surface area (Å²) in [5.74, 6) is 3.08. The van der Waals surface area contributed by atoms with E-state index in [1.807, 2.05) is 24.3 Å². The molecule has 1 fully saturated rings. The first kappa shape index (κ1) is 23.5. The fourth-order valence-corrected chi connectivity index (χ4v) is 5.31. The van der Waals surface area contributed by atoms with Crippen LogP contribution in [-0.4, -0.2) is 53.4 Å². The molecule has 0 aliphatic carbocycles. The van der Waals surface area contributed by atoms with Gasteiger partial charge in [-0.3, -0.25) is 9.36 Å². The van der Waals surface area contributed by atoms with Crippen molar-refractivity contribution in [3.8, 4) is 22.9 Å². The Bertz CT molecular complexity index is 1180. The quantitative estimate of drug-likeness (QED) is 0.464. The molecule has 2 N–H and O–H groups in total. The second-order valence-electron chi connectivity index (χ2n) is 8.72. The molecule has 3 heterocycles. The summed E-state index contributed by atoms with van der Waals surface area (Å²) in [6.07, 6.45) is 3.76. The maximum absolute atomic E-state index is 12.7. The van der Waals surface area contributed by atoms with Crippen LogP contribution in [0.4, 0.5) is 5.69 Å². The number of aromatic nitrogens is 3. The van der Waals surface area contributed by atoms with Crippen LogP contribution in [0.25, 0.3) is 5.69 Å². The lowest BCUT2D eigenvalue weighted by Crippen LogP contribution is -3.12. The molecule has 9 nitrogen and oxygen atoms in total. The Balaban J connectivity index is 1.34. The normalized spacial score (nSPS) is 16.2. The maximum atomic E-state index is 12.7. The van der Waals surface area contributed by atoms with Gasteiger partial charge in [0.05, 0.1) is 26.0 Å². The Morgan fingerprint density at radius 1 is 1.11 bits per heavy atom. The average Bonchev–Trinajstić information content (AvgIpc) is 3.54. The molecule has 10 heteroatoms. The van der Waals surface area contributed by atoms with Crippen molar-refractivity contribution in [2.45, 2.75) is 37.4 Å². The molecule has 0 spiro atoms. The molecular weight excluding hydrogens is 466 g/mol. The first-order valence-corrected chi connectivity index (χ1v) is 12.9. The third-order valence-corrected chi connectivity index (χ3v) is 7.40. The molecule has 0 radical (unpaired) electrons. The highest BCUT2D eigenvalue weighted by molar-refractivity contribution is 7.99. The van der Waals surface area contributed by atoms with Crippen molar-refractivity contribution in [2.24, 2.45) is 0 Å². The fraction of sp³-hybridized carbons (Fsp3) is 0.400. The summed E-state index contributed by atoms with van der Waals surface area (Å²) >= 11 is 1.37. The molecule has 0 unspecified atom stereocenters. The largest absolute Gasteiger partial charge is 0.497 e. The van der Waals surface area contributed by atoms with Crippen molar-refractivity contribution in [2.75, 3.05) is 38.1 Å². The standard InChI is InChI=1S/C25H29N5O4S/c1-17(29-12-4-3-5-13-29)24-27-28-25(30(24)19-7-9-20(32-2)10-8-19)35-15-23(31)26-18-6-11-21-22(14-18)34-16-33-21/h6-11,14,17H,3-5,12-13,15-16H2,1-2H3,(H,26,31)/p+1/t17-/m0/s1. The summed E-state index contributed by atoms with van der Waals surface area (Å²) in [7, 11) is 1.65. The van der Waals surface area contributed by atoms with Crippen molar-refractivity contribution in [3.05, 3.63) is 48.3 Å². The topological polar surface area (TPSA) is 91.9 Å². The Morgan fingerprint density at radius 3 is 2.66 bits per heavy atom. The van der Waals surface area contributed by atoms with Crippen LogP contribution in [0, 0.1) is 0 Å². The van der Waals surface area contributed by atoms with E-state index in [9.17, 15) is 4.79 Å². The van der Waals surface area contributed by atoms with Gasteiger partial charge in [-0.1, -0.05) is 11.8 Å². The molecule has 2 aliphatic heterocycles. The molecular formula is C25H30N5O4S+. The smallest absolute Gasteiger partial charge is 0.234 e. The number of ether oxygens (including phenoxy) is 3. The highest BCUT2D eigenvalue weighted by atomic mass is 32.2. The van der Waals surface area contributed by atoms with Gasteiger partial charge in [-0.25, -0.2) is 0 Å². The van der Waals surface area contributed by atoms with Gasteiger partial charge in [-0.2, -0.15) is 0 Å². The number of nitrogens with zero attached hydrogens (tertiary/aromatic N) is 3. The molecule has 1 amide bonds. The number of benzene rings is 2. The van der Waals surface area contributed by atoms with Crippen LogP contribution in [-0.2, 0) is 4.79 Å². The number of amides is 1. The zero-order valence-electron chi connectivity index (χ0n) is 20.0. The van der Waals surface area contributed by atoms with E-state index in [1.54, 1.807) is 25.3 Å². The minimum absolute atomic E-state index is 0.130. The Kier molecular flexibility index (Phi) is 7.10. The van der Waals surface area contributed by atoms with Gasteiger partial charge in [0.2, 0.25) is 12.7 Å². The number of carbonyl (C=O) groups is 1. The molecule has 3 aromatic rings. The van der Waals surface area contributed by atoms with Gasteiger partial charge in [0, 0.05) is 17.4 Å². The summed E-state index contributed by atoms with van der Waals surface area (Å²) in [4.78, 5) is 14.2. The molecule has 1 atom stereocenters. The number of quaternary nitrogens is 1. The number of piperidine rings is 1. The van der Waals surface area contributed by atoms with Gasteiger partial charge in [-0.05, 0) is 62.6 Å². The minimum atomic E-state index is -0.130. The van der Waals surface area contributed by atoms with Crippen LogP contribution in [0.5, 0.6) is 17.2 Å². The van der Waals surface area contributed by atoms with Crippen LogP contribution in [0.3, 0.4) is 0 Å². The van der Waals surface area contributed by atoms with Crippen molar-refractivity contribution >= 4 is 23.4 Å². The van der Waals surface area contributed by atoms with Crippen molar-refractivity contribution in [3.63, 3.8) is 0 Å². The number of likely N-dealkylation sites (tertiary alicyclic amines) is 1. The molecule has 1 aromatic heterocycles. The van der Waals surface area contributed by atoms with E-state index in [4.69, 9.17) is 14.2 Å². The second-order valence-corrected chi connectivity index (χ2v) is 9.66. The highest BCUT2D eigenvalue weighted by Gasteiger charge is 2.29. The Hall–Kier alpha value is -3.24. The first-order chi connectivity index (χ1) is 17.1. The number of hydrogen-bond donors (Lipinski definition) is 2. The number of carbonyl (C=O) groups excluding carboxylic acids is 1. The molecule has 2 aliphatic rings. The SMILES string of the molecule is COc1ccc(-n2c(SCC(=O)Nc3ccc4c(c3)OCO4)nnc2[C@H](C)[NH+]2CCCCC2)cc1. The zero-order valence-corrected chi connectivity index (χ0v) is 20.8. The Labute approximate surface area is 208 Å². The van der Waals surface area contributed by atoms with Gasteiger partial charge >= 0.3 is 0 Å². The summed E-state index contributed by atoms with van der Waals surface area (Å²) in [5, 5.41) is 12.7. The molecule has 2 aromatic carbocycles. The molecule has 184 valence electrons. The second kappa shape index (κ2) is 10.6. The summed E-state index contributed by atoms with van der Waals surface area (Å²) < 4.78 is 18.1. The van der Waals surface area contributed by atoms with E-state index in [1.165, 1.54) is 35.9 Å². The molecule has 0 bridgehead atoms. The average molecular weight is 497 g/mol. The number of nitrogens with one attached hydrogen (secondary N) is 2. The Morgan fingerprint density at radius 2 is 1.89 bits per heavy atom. The van der Waals surface area contributed by atoms with E-state index in [-0.39, 0.29) is 24.5 Å². The molecule has 35 heavy (non-hydrogen) atoms. The number of anilines is 1. The van der Waals surface area contributed by atoms with Crippen molar-refractivity contribution in [1.29, 1.82) is 0 Å². The van der Waals surface area contributed by atoms with Gasteiger partial charge in [0.15, 0.2) is 22.5 Å². The van der Waals surface area contributed by atoms with Gasteiger partial charge < -0.3 is 24.4 Å². The van der Waals surface area contributed by atoms with Gasteiger partial charge in [0.1, 0.15) is 11.8 Å². The van der Waals surface area contributed by atoms with Crippen molar-refractivity contribution < 1.29 is 23.9 Å². The van der Waals surface area contributed by atoms with E-state index in [0.29, 0.717) is 22.3 Å². The van der Waals surface area contributed by atoms with Gasteiger partial charge in [-0.15, -0.1) is 10.2 Å². The zero-order chi connectivity index (χ0) is 24.2. The highest BCUT2D eigenvalue weighted by Crippen LogP contribution is 2.34. The number of rotatable bonds is 8. The lowest BCUT2D eigenvalue weighted by atomic mass is 10.1. The number of fused-ring (bicyclic) bond motifs is 1. The first-order valence-electron chi connectivity index (χ1n) is 11.9. The number of thioether (sulfide) groups is 1. The minimum Gasteiger partial charge on any atom is -0.497 e. The van der Waals surface area contributed by atoms with Crippen LogP contribution in [0.2, 0.25) is 0 Å². The molecule has 5 rings (SSSR count). The van der Waals surface area contributed by atoms with Crippen LogP contribution in [0.1, 0.15) is 38.1 Å². The van der Waals surface area contributed by atoms with E-state index >= 15 is 0 Å². The summed E-state index contributed by atoms with van der Waals surface area (Å²) in [6.45, 7) is 4.68.